The minimum atomic E-state index is -0.872. The average molecular weight is 487 g/mol. The highest BCUT2D eigenvalue weighted by molar-refractivity contribution is 7.12. The van der Waals surface area contributed by atoms with Gasteiger partial charge in [-0.05, 0) is 43.4 Å². The summed E-state index contributed by atoms with van der Waals surface area (Å²) in [4.78, 5) is 31.1. The van der Waals surface area contributed by atoms with Gasteiger partial charge >= 0.3 is 0 Å². The molecule has 0 bridgehead atoms. The SMILES string of the molecule is COc1c([C@@H]2C(C(=O)c3cccs3)=C(O)C(=O)N2CCN2CCCC2)cc2c(c1OC)OCO2. The molecule has 0 unspecified atom stereocenters. The molecule has 1 aromatic heterocycles. The number of hydrogen-bond acceptors (Lipinski definition) is 9. The summed E-state index contributed by atoms with van der Waals surface area (Å²) in [5.74, 6) is -0.0561. The zero-order valence-corrected chi connectivity index (χ0v) is 19.9. The summed E-state index contributed by atoms with van der Waals surface area (Å²) in [6.45, 7) is 2.93. The third kappa shape index (κ3) is 3.67. The lowest BCUT2D eigenvalue weighted by atomic mass is 9.93. The number of aliphatic hydroxyl groups excluding tert-OH is 1. The van der Waals surface area contributed by atoms with Crippen LogP contribution >= 0.6 is 11.3 Å². The number of likely N-dealkylation sites (tertiary alicyclic amines) is 1. The van der Waals surface area contributed by atoms with E-state index in [0.717, 1.165) is 25.9 Å². The van der Waals surface area contributed by atoms with Crippen LogP contribution in [0.1, 0.15) is 34.1 Å². The first-order valence-corrected chi connectivity index (χ1v) is 12.0. The summed E-state index contributed by atoms with van der Waals surface area (Å²) in [5.41, 5.74) is 0.510. The Kier molecular flexibility index (Phi) is 6.09. The van der Waals surface area contributed by atoms with Gasteiger partial charge in [-0.1, -0.05) is 6.07 Å². The van der Waals surface area contributed by atoms with Crippen LogP contribution in [0.5, 0.6) is 23.0 Å². The van der Waals surface area contributed by atoms with Gasteiger partial charge in [-0.3, -0.25) is 9.59 Å². The minimum absolute atomic E-state index is 0.0165. The normalized spacial score (nSPS) is 19.9. The predicted octanol–water partition coefficient (Wildman–Crippen LogP) is 3.17. The Morgan fingerprint density at radius 1 is 1.18 bits per heavy atom. The zero-order chi connectivity index (χ0) is 23.8. The van der Waals surface area contributed by atoms with Gasteiger partial charge in [-0.25, -0.2) is 0 Å². The van der Waals surface area contributed by atoms with Crippen molar-refractivity contribution in [1.29, 1.82) is 0 Å². The Balaban J connectivity index is 1.63. The Morgan fingerprint density at radius 2 is 1.94 bits per heavy atom. The number of methoxy groups -OCH3 is 2. The summed E-state index contributed by atoms with van der Waals surface area (Å²) >= 11 is 1.26. The summed E-state index contributed by atoms with van der Waals surface area (Å²) in [6.07, 6.45) is 2.24. The second-order valence-corrected chi connectivity index (χ2v) is 9.23. The second-order valence-electron chi connectivity index (χ2n) is 8.28. The van der Waals surface area contributed by atoms with Gasteiger partial charge in [0.2, 0.25) is 24.1 Å². The highest BCUT2D eigenvalue weighted by Gasteiger charge is 2.46. The highest BCUT2D eigenvalue weighted by atomic mass is 32.1. The zero-order valence-electron chi connectivity index (χ0n) is 19.0. The van der Waals surface area contributed by atoms with Crippen molar-refractivity contribution in [3.63, 3.8) is 0 Å². The van der Waals surface area contributed by atoms with E-state index in [1.54, 1.807) is 23.6 Å². The number of ether oxygens (including phenoxy) is 4. The fourth-order valence-corrected chi connectivity index (χ4v) is 5.53. The molecule has 2 aromatic rings. The van der Waals surface area contributed by atoms with E-state index >= 15 is 0 Å². The molecule has 1 fully saturated rings. The first-order chi connectivity index (χ1) is 16.5. The lowest BCUT2D eigenvalue weighted by Gasteiger charge is -2.30. The van der Waals surface area contributed by atoms with Crippen molar-refractivity contribution in [2.45, 2.75) is 18.9 Å². The molecule has 1 aromatic carbocycles. The number of carbonyl (C=O) groups is 2. The van der Waals surface area contributed by atoms with Gasteiger partial charge in [0.15, 0.2) is 17.3 Å². The molecule has 1 atom stereocenters. The van der Waals surface area contributed by atoms with Crippen LogP contribution in [0, 0.1) is 0 Å². The number of thiophene rings is 1. The maximum Gasteiger partial charge on any atom is 0.290 e. The molecule has 0 saturated carbocycles. The molecule has 1 N–H and O–H groups in total. The van der Waals surface area contributed by atoms with Crippen LogP contribution < -0.4 is 18.9 Å². The van der Waals surface area contributed by atoms with Crippen molar-refractivity contribution >= 4 is 23.0 Å². The minimum Gasteiger partial charge on any atom is -0.503 e. The fourth-order valence-electron chi connectivity index (χ4n) is 4.85. The van der Waals surface area contributed by atoms with Crippen molar-refractivity contribution in [3.8, 4) is 23.0 Å². The molecule has 0 spiro atoms. The predicted molar refractivity (Wildman–Crippen MR) is 124 cm³/mol. The summed E-state index contributed by atoms with van der Waals surface area (Å²) < 4.78 is 22.4. The van der Waals surface area contributed by atoms with Crippen LogP contribution in [0.3, 0.4) is 0 Å². The molecule has 1 amide bonds. The van der Waals surface area contributed by atoms with E-state index in [2.05, 4.69) is 4.90 Å². The number of amides is 1. The molecule has 3 aliphatic rings. The summed E-state index contributed by atoms with van der Waals surface area (Å²) in [7, 11) is 2.97. The molecule has 9 nitrogen and oxygen atoms in total. The molecule has 3 aliphatic heterocycles. The number of carbonyl (C=O) groups excluding carboxylic acids is 2. The maximum absolute atomic E-state index is 13.5. The number of rotatable bonds is 8. The van der Waals surface area contributed by atoms with E-state index in [-0.39, 0.29) is 12.4 Å². The third-order valence-electron chi connectivity index (χ3n) is 6.45. The van der Waals surface area contributed by atoms with Crippen LogP contribution in [0.2, 0.25) is 0 Å². The van der Waals surface area contributed by atoms with Crippen molar-refractivity contribution in [2.75, 3.05) is 47.2 Å². The number of ketones is 1. The lowest BCUT2D eigenvalue weighted by Crippen LogP contribution is -2.38. The Labute approximate surface area is 201 Å². The summed E-state index contributed by atoms with van der Waals surface area (Å²) in [5, 5.41) is 12.7. The monoisotopic (exact) mass is 486 g/mol. The van der Waals surface area contributed by atoms with Crippen LogP contribution in [-0.2, 0) is 4.79 Å². The largest absolute Gasteiger partial charge is 0.503 e. The van der Waals surface area contributed by atoms with E-state index < -0.39 is 23.5 Å². The quantitative estimate of drug-likeness (QED) is 0.569. The van der Waals surface area contributed by atoms with Crippen LogP contribution in [0.15, 0.2) is 34.9 Å². The molecule has 4 heterocycles. The van der Waals surface area contributed by atoms with Gasteiger partial charge in [0, 0.05) is 18.7 Å². The molecular weight excluding hydrogens is 460 g/mol. The van der Waals surface area contributed by atoms with Gasteiger partial charge in [-0.2, -0.15) is 0 Å². The Hall–Kier alpha value is -3.24. The van der Waals surface area contributed by atoms with E-state index in [4.69, 9.17) is 18.9 Å². The van der Waals surface area contributed by atoms with Crippen molar-refractivity contribution < 1.29 is 33.6 Å². The van der Waals surface area contributed by atoms with Crippen molar-refractivity contribution in [1.82, 2.24) is 9.80 Å². The molecular formula is C24H26N2O7S. The Bertz CT molecular complexity index is 1140. The van der Waals surface area contributed by atoms with E-state index in [9.17, 15) is 14.7 Å². The van der Waals surface area contributed by atoms with Crippen LogP contribution in [0.25, 0.3) is 0 Å². The smallest absolute Gasteiger partial charge is 0.290 e. The van der Waals surface area contributed by atoms with Crippen LogP contribution in [0.4, 0.5) is 0 Å². The molecule has 0 aliphatic carbocycles. The fraction of sp³-hybridized carbons (Fsp3) is 0.417. The van der Waals surface area contributed by atoms with Crippen molar-refractivity contribution in [2.24, 2.45) is 0 Å². The first kappa shape index (κ1) is 22.5. The molecule has 180 valence electrons. The molecule has 10 heteroatoms. The number of aliphatic hydroxyl groups is 1. The summed E-state index contributed by atoms with van der Waals surface area (Å²) in [6, 6.07) is 4.27. The maximum atomic E-state index is 13.5. The number of Topliss-reactive ketones (excluding diaryl/α,β-unsaturated/α-hetero) is 1. The number of fused-ring (bicyclic) bond motifs is 1. The van der Waals surface area contributed by atoms with Crippen LogP contribution in [-0.4, -0.2) is 73.8 Å². The second kappa shape index (κ2) is 9.19. The van der Waals surface area contributed by atoms with Gasteiger partial charge in [0.05, 0.1) is 30.7 Å². The third-order valence-corrected chi connectivity index (χ3v) is 7.32. The van der Waals surface area contributed by atoms with Crippen molar-refractivity contribution in [3.05, 3.63) is 45.4 Å². The standard InChI is InChI=1S/C24H26N2O7S/c1-30-21-14(12-15-22(23(21)31-2)33-13-32-15)18-17(19(27)16-6-5-11-34-16)20(28)24(29)26(18)10-9-25-7-3-4-8-25/h5-6,11-12,18,28H,3-4,7-10,13H2,1-2H3/t18-/m1/s1. The first-order valence-electron chi connectivity index (χ1n) is 11.1. The number of benzene rings is 1. The van der Waals surface area contributed by atoms with Gasteiger partial charge in [0.1, 0.15) is 0 Å². The molecule has 0 radical (unpaired) electrons. The highest BCUT2D eigenvalue weighted by Crippen LogP contribution is 2.53. The Morgan fingerprint density at radius 3 is 2.62 bits per heavy atom. The average Bonchev–Trinajstić information content (AvgIpc) is 3.65. The van der Waals surface area contributed by atoms with E-state index in [0.29, 0.717) is 46.5 Å². The van der Waals surface area contributed by atoms with Gasteiger partial charge < -0.3 is 33.9 Å². The lowest BCUT2D eigenvalue weighted by molar-refractivity contribution is -0.129. The van der Waals surface area contributed by atoms with Gasteiger partial charge in [0.25, 0.3) is 5.91 Å². The number of hydrogen-bond donors (Lipinski definition) is 1. The van der Waals surface area contributed by atoms with Gasteiger partial charge in [-0.15, -0.1) is 11.3 Å². The topological polar surface area (TPSA) is 97.8 Å². The van der Waals surface area contributed by atoms with E-state index in [1.807, 2.05) is 0 Å². The number of nitrogens with zero attached hydrogens (tertiary/aromatic N) is 2. The molecule has 34 heavy (non-hydrogen) atoms. The molecule has 1 saturated heterocycles. The van der Waals surface area contributed by atoms with E-state index in [1.165, 1.54) is 30.5 Å². The molecule has 5 rings (SSSR count).